The van der Waals surface area contributed by atoms with Crippen molar-refractivity contribution in [1.82, 2.24) is 20.2 Å². The first-order chi connectivity index (χ1) is 15.2. The molecular formula is C20H23F3N4O4S. The highest BCUT2D eigenvalue weighted by Gasteiger charge is 2.43. The third kappa shape index (κ3) is 6.71. The monoisotopic (exact) mass is 472 g/mol. The van der Waals surface area contributed by atoms with Crippen LogP contribution in [0.4, 0.5) is 13.2 Å². The van der Waals surface area contributed by atoms with Gasteiger partial charge in [-0.3, -0.25) is 14.7 Å². The standard InChI is InChI=1S/C18H22N4O2S.C2HF3O2/c23-17(16-11-19-5-6-20-16)21-14-3-8-24-18(10-14)4-7-22(13-18)12-15-2-1-9-25-15;3-2(4,5)1(6)7/h1-2,5-6,9,11,14H,3-4,7-8,10,12-13H2,(H,21,23);(H,6,7)/t14-,18+;/m0./s1. The Morgan fingerprint density at radius 3 is 2.78 bits per heavy atom. The SMILES string of the molecule is O=C(N[C@H]1CCO[C@]2(CCN(Cc3cccs3)C2)C1)c1cnccn1.O=C(O)C(F)(F)F. The topological polar surface area (TPSA) is 105 Å². The van der Waals surface area contributed by atoms with E-state index in [9.17, 15) is 18.0 Å². The number of halogens is 3. The Labute approximate surface area is 186 Å². The van der Waals surface area contributed by atoms with Crippen molar-refractivity contribution in [2.45, 2.75) is 43.6 Å². The number of nitrogens with zero attached hydrogens (tertiary/aromatic N) is 3. The van der Waals surface area contributed by atoms with E-state index in [0.29, 0.717) is 12.3 Å². The summed E-state index contributed by atoms with van der Waals surface area (Å²) in [5.41, 5.74) is 0.240. The van der Waals surface area contributed by atoms with E-state index in [1.165, 1.54) is 11.1 Å². The molecule has 2 aromatic heterocycles. The van der Waals surface area contributed by atoms with E-state index in [0.717, 1.165) is 38.9 Å². The predicted octanol–water partition coefficient (Wildman–Crippen LogP) is 2.72. The van der Waals surface area contributed by atoms with E-state index in [1.807, 2.05) is 0 Å². The summed E-state index contributed by atoms with van der Waals surface area (Å²) in [5.74, 6) is -2.91. The van der Waals surface area contributed by atoms with Gasteiger partial charge < -0.3 is 15.2 Å². The van der Waals surface area contributed by atoms with Gasteiger partial charge in [-0.2, -0.15) is 13.2 Å². The molecule has 4 heterocycles. The number of rotatable bonds is 4. The van der Waals surface area contributed by atoms with E-state index in [4.69, 9.17) is 14.6 Å². The summed E-state index contributed by atoms with van der Waals surface area (Å²) in [6.07, 6.45) is 2.26. The van der Waals surface area contributed by atoms with Gasteiger partial charge in [0.05, 0.1) is 11.8 Å². The highest BCUT2D eigenvalue weighted by Crippen LogP contribution is 2.35. The molecule has 0 saturated carbocycles. The molecular weight excluding hydrogens is 449 g/mol. The van der Waals surface area contributed by atoms with Gasteiger partial charge in [0, 0.05) is 49.6 Å². The lowest BCUT2D eigenvalue weighted by Gasteiger charge is -2.38. The quantitative estimate of drug-likeness (QED) is 0.705. The van der Waals surface area contributed by atoms with Gasteiger partial charge in [-0.1, -0.05) is 6.07 Å². The Morgan fingerprint density at radius 2 is 2.16 bits per heavy atom. The number of hydrogen-bond donors (Lipinski definition) is 2. The van der Waals surface area contributed by atoms with Crippen LogP contribution in [0.15, 0.2) is 36.1 Å². The van der Waals surface area contributed by atoms with Crippen LogP contribution in [0.1, 0.15) is 34.6 Å². The average Bonchev–Trinajstić information content (AvgIpc) is 3.39. The molecule has 0 bridgehead atoms. The third-order valence-electron chi connectivity index (χ3n) is 5.22. The first-order valence-electron chi connectivity index (χ1n) is 9.93. The summed E-state index contributed by atoms with van der Waals surface area (Å²) < 4.78 is 37.9. The molecule has 0 radical (unpaired) electrons. The summed E-state index contributed by atoms with van der Waals surface area (Å²) in [5, 5.41) is 12.4. The minimum absolute atomic E-state index is 0.129. The number of likely N-dealkylation sites (tertiary alicyclic amines) is 1. The largest absolute Gasteiger partial charge is 0.490 e. The van der Waals surface area contributed by atoms with Gasteiger partial charge in [0.1, 0.15) is 5.69 Å². The summed E-state index contributed by atoms with van der Waals surface area (Å²) in [6, 6.07) is 4.41. The van der Waals surface area contributed by atoms with Crippen LogP contribution in [-0.2, 0) is 16.1 Å². The fourth-order valence-electron chi connectivity index (χ4n) is 3.80. The molecule has 1 spiro atoms. The number of nitrogens with one attached hydrogen (secondary N) is 1. The molecule has 1 amide bonds. The molecule has 2 aromatic rings. The van der Waals surface area contributed by atoms with Gasteiger partial charge in [-0.15, -0.1) is 11.3 Å². The number of aliphatic carboxylic acids is 1. The van der Waals surface area contributed by atoms with Crippen LogP contribution in [0, 0.1) is 0 Å². The lowest BCUT2D eigenvalue weighted by Crippen LogP contribution is -2.50. The molecule has 4 rings (SSSR count). The fourth-order valence-corrected chi connectivity index (χ4v) is 4.54. The number of carbonyl (C=O) groups is 2. The maximum atomic E-state index is 12.3. The van der Waals surface area contributed by atoms with Crippen molar-refractivity contribution in [3.8, 4) is 0 Å². The van der Waals surface area contributed by atoms with Crippen LogP contribution in [0.3, 0.4) is 0 Å². The molecule has 0 aliphatic carbocycles. The summed E-state index contributed by atoms with van der Waals surface area (Å²) >= 11 is 1.80. The van der Waals surface area contributed by atoms with Crippen molar-refractivity contribution >= 4 is 23.2 Å². The van der Waals surface area contributed by atoms with Gasteiger partial charge in [-0.25, -0.2) is 9.78 Å². The zero-order valence-electron chi connectivity index (χ0n) is 17.0. The Balaban J connectivity index is 0.000000360. The third-order valence-corrected chi connectivity index (χ3v) is 6.08. The lowest BCUT2D eigenvalue weighted by atomic mass is 9.89. The van der Waals surface area contributed by atoms with Crippen LogP contribution in [0.2, 0.25) is 0 Å². The number of carboxylic acid groups (broad SMARTS) is 1. The van der Waals surface area contributed by atoms with Gasteiger partial charge in [0.25, 0.3) is 5.91 Å². The normalized spacial score (nSPS) is 23.4. The van der Waals surface area contributed by atoms with Crippen molar-refractivity contribution in [2.24, 2.45) is 0 Å². The van der Waals surface area contributed by atoms with Gasteiger partial charge in [0.15, 0.2) is 0 Å². The second kappa shape index (κ2) is 10.4. The summed E-state index contributed by atoms with van der Waals surface area (Å²) in [4.78, 5) is 33.1. The highest BCUT2D eigenvalue weighted by atomic mass is 32.1. The van der Waals surface area contributed by atoms with Crippen LogP contribution in [0.25, 0.3) is 0 Å². The number of amides is 1. The van der Waals surface area contributed by atoms with Crippen LogP contribution in [-0.4, -0.2) is 69.4 Å². The van der Waals surface area contributed by atoms with E-state index >= 15 is 0 Å². The minimum atomic E-state index is -5.08. The first-order valence-corrected chi connectivity index (χ1v) is 10.8. The van der Waals surface area contributed by atoms with Gasteiger partial charge in [-0.05, 0) is 30.7 Å². The molecule has 2 saturated heterocycles. The molecule has 12 heteroatoms. The van der Waals surface area contributed by atoms with Crippen LogP contribution < -0.4 is 5.32 Å². The number of thiophene rings is 1. The van der Waals surface area contributed by atoms with Crippen molar-refractivity contribution in [3.63, 3.8) is 0 Å². The van der Waals surface area contributed by atoms with Crippen LogP contribution in [0.5, 0.6) is 0 Å². The maximum absolute atomic E-state index is 12.3. The van der Waals surface area contributed by atoms with Crippen molar-refractivity contribution in [1.29, 1.82) is 0 Å². The first kappa shape index (κ1) is 24.1. The average molecular weight is 472 g/mol. The van der Waals surface area contributed by atoms with Crippen molar-refractivity contribution in [3.05, 3.63) is 46.7 Å². The van der Waals surface area contributed by atoms with E-state index in [1.54, 1.807) is 23.7 Å². The number of aromatic nitrogens is 2. The fraction of sp³-hybridized carbons (Fsp3) is 0.500. The highest BCUT2D eigenvalue weighted by molar-refractivity contribution is 7.09. The second-order valence-electron chi connectivity index (χ2n) is 7.63. The van der Waals surface area contributed by atoms with Gasteiger partial charge in [0.2, 0.25) is 0 Å². The minimum Gasteiger partial charge on any atom is -0.475 e. The molecule has 0 aromatic carbocycles. The Hall–Kier alpha value is -2.57. The van der Waals surface area contributed by atoms with Gasteiger partial charge >= 0.3 is 12.1 Å². The maximum Gasteiger partial charge on any atom is 0.490 e. The predicted molar refractivity (Wildman–Crippen MR) is 109 cm³/mol. The van der Waals surface area contributed by atoms with Crippen LogP contribution >= 0.6 is 11.3 Å². The van der Waals surface area contributed by atoms with E-state index in [2.05, 4.69) is 37.7 Å². The molecule has 2 aliphatic rings. The summed E-state index contributed by atoms with van der Waals surface area (Å²) in [7, 11) is 0. The molecule has 2 atom stereocenters. The lowest BCUT2D eigenvalue weighted by molar-refractivity contribution is -0.192. The number of carboxylic acids is 1. The number of hydrogen-bond acceptors (Lipinski definition) is 7. The van der Waals surface area contributed by atoms with E-state index < -0.39 is 12.1 Å². The molecule has 2 aliphatic heterocycles. The number of alkyl halides is 3. The van der Waals surface area contributed by atoms with E-state index in [-0.39, 0.29) is 17.6 Å². The Kier molecular flexibility index (Phi) is 7.80. The molecule has 32 heavy (non-hydrogen) atoms. The summed E-state index contributed by atoms with van der Waals surface area (Å²) in [6.45, 7) is 3.66. The number of carbonyl (C=O) groups excluding carboxylic acids is 1. The Bertz CT molecular complexity index is 898. The zero-order chi connectivity index (χ0) is 23.2. The second-order valence-corrected chi connectivity index (χ2v) is 8.66. The zero-order valence-corrected chi connectivity index (χ0v) is 17.9. The smallest absolute Gasteiger partial charge is 0.475 e. The Morgan fingerprint density at radius 1 is 1.38 bits per heavy atom. The van der Waals surface area contributed by atoms with Crippen molar-refractivity contribution in [2.75, 3.05) is 19.7 Å². The molecule has 8 nitrogen and oxygen atoms in total. The molecule has 2 N–H and O–H groups in total. The van der Waals surface area contributed by atoms with Crippen molar-refractivity contribution < 1.29 is 32.6 Å². The molecule has 174 valence electrons. The number of ether oxygens (including phenoxy) is 1. The molecule has 2 fully saturated rings. The molecule has 0 unspecified atom stereocenters.